The summed E-state index contributed by atoms with van der Waals surface area (Å²) in [6.07, 6.45) is 8.66. The second kappa shape index (κ2) is 6.98. The lowest BCUT2D eigenvalue weighted by Gasteiger charge is -1.98. The number of rotatable bonds is 7. The largest absolute Gasteiger partial charge is 0.454 e. The minimum atomic E-state index is 0.189. The van der Waals surface area contributed by atoms with Crippen molar-refractivity contribution in [1.82, 2.24) is 0 Å². The Hall–Kier alpha value is -1.77. The standard InChI is InChI=1S/C16H20O3/c1-2-3-4-5-6-14(17)9-7-13-8-10-15-16(11-13)19-12-18-15/h7-11H,2-6,12H2,1H3. The summed E-state index contributed by atoms with van der Waals surface area (Å²) < 4.78 is 10.5. The molecule has 0 amide bonds. The van der Waals surface area contributed by atoms with Gasteiger partial charge in [0.15, 0.2) is 17.3 Å². The van der Waals surface area contributed by atoms with Crippen molar-refractivity contribution in [3.05, 3.63) is 29.8 Å². The molecule has 0 bridgehead atoms. The van der Waals surface area contributed by atoms with E-state index in [1.807, 2.05) is 24.3 Å². The Kier molecular flexibility index (Phi) is 5.01. The minimum absolute atomic E-state index is 0.189. The molecular weight excluding hydrogens is 240 g/mol. The fourth-order valence-corrected chi connectivity index (χ4v) is 2.02. The molecule has 0 fully saturated rings. The van der Waals surface area contributed by atoms with Gasteiger partial charge in [-0.25, -0.2) is 0 Å². The summed E-state index contributed by atoms with van der Waals surface area (Å²) >= 11 is 0. The number of hydrogen-bond acceptors (Lipinski definition) is 3. The number of fused-ring (bicyclic) bond motifs is 1. The van der Waals surface area contributed by atoms with Crippen LogP contribution in [0.5, 0.6) is 11.5 Å². The fraction of sp³-hybridized carbons (Fsp3) is 0.438. The molecule has 3 nitrogen and oxygen atoms in total. The quantitative estimate of drug-likeness (QED) is 0.549. The van der Waals surface area contributed by atoms with Crippen molar-refractivity contribution < 1.29 is 14.3 Å². The predicted molar refractivity (Wildman–Crippen MR) is 75.4 cm³/mol. The van der Waals surface area contributed by atoms with Crippen LogP contribution in [0.3, 0.4) is 0 Å². The number of unbranched alkanes of at least 4 members (excludes halogenated alkanes) is 3. The van der Waals surface area contributed by atoms with Crippen LogP contribution in [0.1, 0.15) is 44.6 Å². The molecule has 19 heavy (non-hydrogen) atoms. The van der Waals surface area contributed by atoms with E-state index in [-0.39, 0.29) is 12.6 Å². The van der Waals surface area contributed by atoms with Gasteiger partial charge in [-0.1, -0.05) is 38.3 Å². The SMILES string of the molecule is CCCCCCC(=O)C=Cc1ccc2c(c1)OCO2. The monoisotopic (exact) mass is 260 g/mol. The molecule has 0 aromatic heterocycles. The number of ketones is 1. The third-order valence-electron chi connectivity index (χ3n) is 3.14. The molecule has 0 unspecified atom stereocenters. The van der Waals surface area contributed by atoms with E-state index >= 15 is 0 Å². The van der Waals surface area contributed by atoms with Gasteiger partial charge in [-0.05, 0) is 30.2 Å². The maximum atomic E-state index is 11.7. The molecule has 0 N–H and O–H groups in total. The second-order valence-corrected chi connectivity index (χ2v) is 4.72. The smallest absolute Gasteiger partial charge is 0.231 e. The minimum Gasteiger partial charge on any atom is -0.454 e. The van der Waals surface area contributed by atoms with Crippen molar-refractivity contribution in [1.29, 1.82) is 0 Å². The molecule has 0 atom stereocenters. The van der Waals surface area contributed by atoms with Gasteiger partial charge in [-0.3, -0.25) is 4.79 Å². The summed E-state index contributed by atoms with van der Waals surface area (Å²) in [5.41, 5.74) is 0.964. The number of carbonyl (C=O) groups excluding carboxylic acids is 1. The average molecular weight is 260 g/mol. The van der Waals surface area contributed by atoms with Gasteiger partial charge in [-0.2, -0.15) is 0 Å². The van der Waals surface area contributed by atoms with E-state index in [1.54, 1.807) is 6.08 Å². The van der Waals surface area contributed by atoms with Gasteiger partial charge in [0.2, 0.25) is 6.79 Å². The highest BCUT2D eigenvalue weighted by Crippen LogP contribution is 2.32. The number of benzene rings is 1. The molecule has 1 aliphatic rings. The lowest BCUT2D eigenvalue weighted by molar-refractivity contribution is -0.114. The van der Waals surface area contributed by atoms with Crippen molar-refractivity contribution in [3.8, 4) is 11.5 Å². The van der Waals surface area contributed by atoms with Crippen LogP contribution in [-0.4, -0.2) is 12.6 Å². The lowest BCUT2D eigenvalue weighted by Crippen LogP contribution is -1.93. The highest BCUT2D eigenvalue weighted by atomic mass is 16.7. The summed E-state index contributed by atoms with van der Waals surface area (Å²) in [6.45, 7) is 2.44. The zero-order valence-electron chi connectivity index (χ0n) is 11.4. The molecule has 2 rings (SSSR count). The maximum absolute atomic E-state index is 11.7. The van der Waals surface area contributed by atoms with Gasteiger partial charge in [0.1, 0.15) is 0 Å². The zero-order chi connectivity index (χ0) is 13.5. The summed E-state index contributed by atoms with van der Waals surface area (Å²) in [5.74, 6) is 1.70. The van der Waals surface area contributed by atoms with Crippen molar-refractivity contribution >= 4 is 11.9 Å². The first-order chi connectivity index (χ1) is 9.29. The summed E-state index contributed by atoms with van der Waals surface area (Å²) in [6, 6.07) is 5.69. The van der Waals surface area contributed by atoms with Gasteiger partial charge >= 0.3 is 0 Å². The number of carbonyl (C=O) groups is 1. The second-order valence-electron chi connectivity index (χ2n) is 4.72. The van der Waals surface area contributed by atoms with Crippen LogP contribution in [0.15, 0.2) is 24.3 Å². The van der Waals surface area contributed by atoms with Crippen LogP contribution in [0.2, 0.25) is 0 Å². The molecule has 0 spiro atoms. The molecule has 1 aromatic carbocycles. The van der Waals surface area contributed by atoms with Crippen LogP contribution in [0.25, 0.3) is 6.08 Å². The molecule has 1 aliphatic heterocycles. The Morgan fingerprint density at radius 3 is 2.89 bits per heavy atom. The van der Waals surface area contributed by atoms with Gasteiger partial charge in [0.05, 0.1) is 0 Å². The van der Waals surface area contributed by atoms with Gasteiger partial charge in [0.25, 0.3) is 0 Å². The summed E-state index contributed by atoms with van der Waals surface area (Å²) in [7, 11) is 0. The Morgan fingerprint density at radius 1 is 1.21 bits per heavy atom. The summed E-state index contributed by atoms with van der Waals surface area (Å²) in [4.78, 5) is 11.7. The fourth-order valence-electron chi connectivity index (χ4n) is 2.02. The average Bonchev–Trinajstić information content (AvgIpc) is 2.89. The number of ether oxygens (including phenoxy) is 2. The third kappa shape index (κ3) is 4.12. The third-order valence-corrected chi connectivity index (χ3v) is 3.14. The normalized spacial score (nSPS) is 13.1. The highest BCUT2D eigenvalue weighted by Gasteiger charge is 2.12. The molecule has 3 heteroatoms. The zero-order valence-corrected chi connectivity index (χ0v) is 11.4. The Bertz CT molecular complexity index is 463. The maximum Gasteiger partial charge on any atom is 0.231 e. The van der Waals surface area contributed by atoms with Crippen LogP contribution in [-0.2, 0) is 4.79 Å². The van der Waals surface area contributed by atoms with E-state index in [9.17, 15) is 4.79 Å². The Morgan fingerprint density at radius 2 is 2.05 bits per heavy atom. The molecule has 1 heterocycles. The number of hydrogen-bond donors (Lipinski definition) is 0. The van der Waals surface area contributed by atoms with E-state index < -0.39 is 0 Å². The molecule has 1 aromatic rings. The number of allylic oxidation sites excluding steroid dienone is 1. The van der Waals surface area contributed by atoms with Gasteiger partial charge in [0, 0.05) is 6.42 Å². The van der Waals surface area contributed by atoms with E-state index in [2.05, 4.69) is 6.92 Å². The molecule has 102 valence electrons. The first-order valence-corrected chi connectivity index (χ1v) is 6.90. The Balaban J connectivity index is 1.83. The molecule has 0 aliphatic carbocycles. The van der Waals surface area contributed by atoms with Crippen LogP contribution < -0.4 is 9.47 Å². The first-order valence-electron chi connectivity index (χ1n) is 6.90. The molecule has 0 radical (unpaired) electrons. The molecule has 0 saturated heterocycles. The van der Waals surface area contributed by atoms with Crippen molar-refractivity contribution in [2.45, 2.75) is 39.0 Å². The topological polar surface area (TPSA) is 35.5 Å². The van der Waals surface area contributed by atoms with Crippen molar-refractivity contribution in [3.63, 3.8) is 0 Å². The van der Waals surface area contributed by atoms with Gasteiger partial charge in [-0.15, -0.1) is 0 Å². The lowest BCUT2D eigenvalue weighted by atomic mass is 10.1. The van der Waals surface area contributed by atoms with E-state index in [4.69, 9.17) is 9.47 Å². The van der Waals surface area contributed by atoms with Crippen molar-refractivity contribution in [2.75, 3.05) is 6.79 Å². The summed E-state index contributed by atoms with van der Waals surface area (Å²) in [5, 5.41) is 0. The van der Waals surface area contributed by atoms with Gasteiger partial charge < -0.3 is 9.47 Å². The van der Waals surface area contributed by atoms with Crippen LogP contribution in [0.4, 0.5) is 0 Å². The molecule has 0 saturated carbocycles. The first kappa shape index (κ1) is 13.7. The van der Waals surface area contributed by atoms with Crippen LogP contribution in [0, 0.1) is 0 Å². The van der Waals surface area contributed by atoms with E-state index in [0.717, 1.165) is 29.9 Å². The Labute approximate surface area is 114 Å². The van der Waals surface area contributed by atoms with E-state index in [0.29, 0.717) is 6.42 Å². The highest BCUT2D eigenvalue weighted by molar-refractivity contribution is 5.93. The van der Waals surface area contributed by atoms with Crippen molar-refractivity contribution in [2.24, 2.45) is 0 Å². The van der Waals surface area contributed by atoms with Crippen LogP contribution >= 0.6 is 0 Å². The van der Waals surface area contributed by atoms with E-state index in [1.165, 1.54) is 12.8 Å². The predicted octanol–water partition coefficient (Wildman–Crippen LogP) is 3.97. The molecular formula is C16H20O3.